The molecule has 3 nitrogen and oxygen atoms in total. The monoisotopic (exact) mass is 268 g/mol. The van der Waals surface area contributed by atoms with Crippen molar-refractivity contribution in [3.8, 4) is 0 Å². The van der Waals surface area contributed by atoms with Gasteiger partial charge in [0.25, 0.3) is 5.91 Å². The van der Waals surface area contributed by atoms with E-state index < -0.39 is 0 Å². The molecule has 0 heterocycles. The van der Waals surface area contributed by atoms with Gasteiger partial charge in [-0.3, -0.25) is 4.79 Å². The molecule has 0 spiro atoms. The number of amides is 1. The summed E-state index contributed by atoms with van der Waals surface area (Å²) in [5, 5.41) is 2.97. The van der Waals surface area contributed by atoms with Gasteiger partial charge in [-0.2, -0.15) is 0 Å². The number of rotatable bonds is 3. The van der Waals surface area contributed by atoms with Gasteiger partial charge in [0.2, 0.25) is 0 Å². The van der Waals surface area contributed by atoms with Crippen LogP contribution in [0, 0.1) is 20.8 Å². The zero-order valence-electron chi connectivity index (χ0n) is 12.2. The first-order chi connectivity index (χ1) is 9.52. The van der Waals surface area contributed by atoms with Gasteiger partial charge in [-0.1, -0.05) is 24.3 Å². The minimum Gasteiger partial charge on any atom is -0.326 e. The highest BCUT2D eigenvalue weighted by molar-refractivity contribution is 6.05. The molecule has 0 bridgehead atoms. The van der Waals surface area contributed by atoms with Crippen molar-refractivity contribution in [1.29, 1.82) is 0 Å². The number of nitrogens with two attached hydrogens (primary N) is 1. The van der Waals surface area contributed by atoms with E-state index in [0.717, 1.165) is 27.9 Å². The lowest BCUT2D eigenvalue weighted by atomic mass is 10.0. The summed E-state index contributed by atoms with van der Waals surface area (Å²) in [6, 6.07) is 11.6. The first-order valence-corrected chi connectivity index (χ1v) is 6.70. The molecule has 104 valence electrons. The molecule has 0 saturated heterocycles. The molecule has 20 heavy (non-hydrogen) atoms. The number of aryl methyl sites for hydroxylation is 2. The van der Waals surface area contributed by atoms with Crippen LogP contribution in [0.4, 0.5) is 5.69 Å². The van der Waals surface area contributed by atoms with Crippen LogP contribution in [-0.4, -0.2) is 5.91 Å². The summed E-state index contributed by atoms with van der Waals surface area (Å²) >= 11 is 0. The van der Waals surface area contributed by atoms with Crippen LogP contribution in [0.3, 0.4) is 0 Å². The Morgan fingerprint density at radius 3 is 2.55 bits per heavy atom. The van der Waals surface area contributed by atoms with Crippen molar-refractivity contribution in [2.75, 3.05) is 5.32 Å². The van der Waals surface area contributed by atoms with Crippen LogP contribution >= 0.6 is 0 Å². The second-order valence-electron chi connectivity index (χ2n) is 5.05. The van der Waals surface area contributed by atoms with E-state index in [1.165, 1.54) is 0 Å². The van der Waals surface area contributed by atoms with E-state index in [-0.39, 0.29) is 5.91 Å². The van der Waals surface area contributed by atoms with Crippen molar-refractivity contribution in [1.82, 2.24) is 0 Å². The van der Waals surface area contributed by atoms with E-state index in [1.807, 2.05) is 57.2 Å². The maximum absolute atomic E-state index is 12.4. The maximum Gasteiger partial charge on any atom is 0.255 e. The molecule has 3 N–H and O–H groups in total. The van der Waals surface area contributed by atoms with Crippen molar-refractivity contribution in [2.24, 2.45) is 5.73 Å². The molecule has 0 atom stereocenters. The molecule has 3 heteroatoms. The standard InChI is InChI=1S/C17H20N2O/c1-11-5-4-6-15(13(11)3)17(20)19-16-9-14(10-18)8-7-12(16)2/h4-9H,10,18H2,1-3H3,(H,19,20). The van der Waals surface area contributed by atoms with Crippen molar-refractivity contribution < 1.29 is 4.79 Å². The second-order valence-corrected chi connectivity index (χ2v) is 5.05. The Balaban J connectivity index is 2.30. The Hall–Kier alpha value is -2.13. The smallest absolute Gasteiger partial charge is 0.255 e. The first-order valence-electron chi connectivity index (χ1n) is 6.70. The second kappa shape index (κ2) is 5.88. The van der Waals surface area contributed by atoms with Crippen LogP contribution < -0.4 is 11.1 Å². The highest BCUT2D eigenvalue weighted by Gasteiger charge is 2.11. The lowest BCUT2D eigenvalue weighted by Gasteiger charge is -2.12. The zero-order chi connectivity index (χ0) is 14.7. The van der Waals surface area contributed by atoms with Crippen molar-refractivity contribution in [2.45, 2.75) is 27.3 Å². The molecule has 2 aromatic rings. The summed E-state index contributed by atoms with van der Waals surface area (Å²) in [6.45, 7) is 6.41. The molecule has 0 aliphatic rings. The number of hydrogen-bond acceptors (Lipinski definition) is 2. The summed E-state index contributed by atoms with van der Waals surface area (Å²) in [7, 11) is 0. The molecule has 0 aromatic heterocycles. The average molecular weight is 268 g/mol. The highest BCUT2D eigenvalue weighted by atomic mass is 16.1. The molecule has 2 rings (SSSR count). The number of anilines is 1. The van der Waals surface area contributed by atoms with E-state index in [1.54, 1.807) is 0 Å². The number of hydrogen-bond donors (Lipinski definition) is 2. The van der Waals surface area contributed by atoms with E-state index in [9.17, 15) is 4.79 Å². The molecular weight excluding hydrogens is 248 g/mol. The fourth-order valence-corrected chi connectivity index (χ4v) is 2.12. The minimum absolute atomic E-state index is 0.0801. The zero-order valence-corrected chi connectivity index (χ0v) is 12.2. The molecule has 0 radical (unpaired) electrons. The van der Waals surface area contributed by atoms with Crippen LogP contribution in [-0.2, 0) is 6.54 Å². The fraction of sp³-hybridized carbons (Fsp3) is 0.235. The lowest BCUT2D eigenvalue weighted by molar-refractivity contribution is 0.102. The Labute approximate surface area is 119 Å². The normalized spacial score (nSPS) is 10.4. The van der Waals surface area contributed by atoms with Crippen LogP contribution in [0.15, 0.2) is 36.4 Å². The molecule has 2 aromatic carbocycles. The number of nitrogens with one attached hydrogen (secondary N) is 1. The highest BCUT2D eigenvalue weighted by Crippen LogP contribution is 2.19. The van der Waals surface area contributed by atoms with Gasteiger partial charge in [-0.15, -0.1) is 0 Å². The van der Waals surface area contributed by atoms with E-state index in [0.29, 0.717) is 12.1 Å². The van der Waals surface area contributed by atoms with Gasteiger partial charge in [-0.25, -0.2) is 0 Å². The van der Waals surface area contributed by atoms with Crippen LogP contribution in [0.5, 0.6) is 0 Å². The van der Waals surface area contributed by atoms with Crippen molar-refractivity contribution in [3.05, 3.63) is 64.2 Å². The summed E-state index contributed by atoms with van der Waals surface area (Å²) in [5.41, 5.74) is 11.3. The Morgan fingerprint density at radius 1 is 1.10 bits per heavy atom. The van der Waals surface area contributed by atoms with Crippen LogP contribution in [0.25, 0.3) is 0 Å². The summed E-state index contributed by atoms with van der Waals surface area (Å²) in [4.78, 5) is 12.4. The van der Waals surface area contributed by atoms with Gasteiger partial charge in [0.1, 0.15) is 0 Å². The summed E-state index contributed by atoms with van der Waals surface area (Å²) in [6.07, 6.45) is 0. The number of carbonyl (C=O) groups is 1. The Kier molecular flexibility index (Phi) is 4.20. The molecule has 0 aliphatic heterocycles. The lowest BCUT2D eigenvalue weighted by Crippen LogP contribution is -2.15. The maximum atomic E-state index is 12.4. The number of carbonyl (C=O) groups excluding carboxylic acids is 1. The molecule has 0 fully saturated rings. The topological polar surface area (TPSA) is 55.1 Å². The van der Waals surface area contributed by atoms with Gasteiger partial charge < -0.3 is 11.1 Å². The third kappa shape index (κ3) is 2.89. The summed E-state index contributed by atoms with van der Waals surface area (Å²) < 4.78 is 0. The molecule has 0 saturated carbocycles. The van der Waals surface area contributed by atoms with Gasteiger partial charge in [-0.05, 0) is 55.2 Å². The van der Waals surface area contributed by atoms with Crippen LogP contribution in [0.2, 0.25) is 0 Å². The van der Waals surface area contributed by atoms with E-state index >= 15 is 0 Å². The molecule has 0 aliphatic carbocycles. The van der Waals surface area contributed by atoms with E-state index in [4.69, 9.17) is 5.73 Å². The van der Waals surface area contributed by atoms with Gasteiger partial charge in [0, 0.05) is 17.8 Å². The SMILES string of the molecule is Cc1ccc(CN)cc1NC(=O)c1cccc(C)c1C. The van der Waals surface area contributed by atoms with Crippen molar-refractivity contribution >= 4 is 11.6 Å². The van der Waals surface area contributed by atoms with Crippen LogP contribution in [0.1, 0.15) is 32.6 Å². The quantitative estimate of drug-likeness (QED) is 0.897. The predicted molar refractivity (Wildman–Crippen MR) is 82.9 cm³/mol. The summed E-state index contributed by atoms with van der Waals surface area (Å²) in [5.74, 6) is -0.0801. The third-order valence-corrected chi connectivity index (χ3v) is 3.64. The Bertz CT molecular complexity index is 647. The van der Waals surface area contributed by atoms with Gasteiger partial charge in [0.05, 0.1) is 0 Å². The molecule has 0 unspecified atom stereocenters. The predicted octanol–water partition coefficient (Wildman–Crippen LogP) is 3.32. The molecule has 1 amide bonds. The Morgan fingerprint density at radius 2 is 1.85 bits per heavy atom. The van der Waals surface area contributed by atoms with Gasteiger partial charge >= 0.3 is 0 Å². The average Bonchev–Trinajstić information content (AvgIpc) is 2.44. The minimum atomic E-state index is -0.0801. The third-order valence-electron chi connectivity index (χ3n) is 3.64. The molecular formula is C17H20N2O. The van der Waals surface area contributed by atoms with Gasteiger partial charge in [0.15, 0.2) is 0 Å². The van der Waals surface area contributed by atoms with E-state index in [2.05, 4.69) is 5.32 Å². The fourth-order valence-electron chi connectivity index (χ4n) is 2.12. The number of benzene rings is 2. The van der Waals surface area contributed by atoms with Crippen molar-refractivity contribution in [3.63, 3.8) is 0 Å². The first kappa shape index (κ1) is 14.3. The largest absolute Gasteiger partial charge is 0.326 e.